The fraction of sp³-hybridized carbons (Fsp3) is 0. The Hall–Kier alpha value is -3.24. The quantitative estimate of drug-likeness (QED) is 0.695. The molecule has 6 nitrogen and oxygen atoms in total. The molecule has 122 valence electrons. The van der Waals surface area contributed by atoms with Crippen molar-refractivity contribution in [3.63, 3.8) is 0 Å². The number of carbonyl (C=O) groups excluding carboxylic acids is 1. The fourth-order valence-electron chi connectivity index (χ4n) is 2.04. The third kappa shape index (κ3) is 4.40. The zero-order valence-corrected chi connectivity index (χ0v) is 14.5. The number of hydrogen-bond donors (Lipinski definition) is 2. The van der Waals surface area contributed by atoms with Crippen LogP contribution in [0.2, 0.25) is 0 Å². The van der Waals surface area contributed by atoms with E-state index < -0.39 is 0 Å². The molecule has 2 aromatic carbocycles. The van der Waals surface area contributed by atoms with Crippen molar-refractivity contribution in [2.75, 3.05) is 10.6 Å². The second-order valence-electron chi connectivity index (χ2n) is 5.07. The highest BCUT2D eigenvalue weighted by Gasteiger charge is 2.08. The van der Waals surface area contributed by atoms with E-state index in [9.17, 15) is 4.79 Å². The average Bonchev–Trinajstić information content (AvgIpc) is 2.63. The fourth-order valence-corrected chi connectivity index (χ4v) is 2.44. The van der Waals surface area contributed by atoms with Crippen LogP contribution in [0.15, 0.2) is 65.4 Å². The van der Waals surface area contributed by atoms with Crippen LogP contribution in [-0.2, 0) is 0 Å². The van der Waals surface area contributed by atoms with Crippen molar-refractivity contribution in [3.8, 4) is 6.07 Å². The number of nitrogens with one attached hydrogen (secondary N) is 2. The van der Waals surface area contributed by atoms with Crippen molar-refractivity contribution in [1.29, 1.82) is 5.26 Å². The number of anilines is 3. The molecule has 0 atom stereocenters. The lowest BCUT2D eigenvalue weighted by Gasteiger charge is -2.07. The lowest BCUT2D eigenvalue weighted by molar-refractivity contribution is 0.102. The third-order valence-corrected chi connectivity index (χ3v) is 3.76. The predicted molar refractivity (Wildman–Crippen MR) is 98.6 cm³/mol. The summed E-state index contributed by atoms with van der Waals surface area (Å²) in [5, 5.41) is 14.6. The summed E-state index contributed by atoms with van der Waals surface area (Å²) in [6, 6.07) is 16.2. The molecule has 3 rings (SSSR count). The predicted octanol–water partition coefficient (Wildman–Crippen LogP) is 4.11. The average molecular weight is 394 g/mol. The number of nitrogens with zero attached hydrogens (tertiary/aromatic N) is 3. The SMILES string of the molecule is N#Cc1ccc(NC(=O)c2cnc(Nc3cccc(Br)c3)nc2)cc1. The van der Waals surface area contributed by atoms with E-state index >= 15 is 0 Å². The van der Waals surface area contributed by atoms with Crippen LogP contribution in [-0.4, -0.2) is 15.9 Å². The molecule has 7 heteroatoms. The van der Waals surface area contributed by atoms with Crippen LogP contribution >= 0.6 is 15.9 Å². The Labute approximate surface area is 152 Å². The van der Waals surface area contributed by atoms with Crippen LogP contribution < -0.4 is 10.6 Å². The first-order valence-corrected chi connectivity index (χ1v) is 8.09. The molecule has 0 bridgehead atoms. The number of aromatic nitrogens is 2. The standard InChI is InChI=1S/C18H12BrN5O/c19-14-2-1-3-16(8-14)24-18-21-10-13(11-22-18)17(25)23-15-6-4-12(9-20)5-7-15/h1-8,10-11H,(H,23,25)(H,21,22,24). The van der Waals surface area contributed by atoms with E-state index in [-0.39, 0.29) is 5.91 Å². The van der Waals surface area contributed by atoms with Crippen LogP contribution in [0.5, 0.6) is 0 Å². The van der Waals surface area contributed by atoms with Gasteiger partial charge in [0.1, 0.15) is 0 Å². The van der Waals surface area contributed by atoms with Gasteiger partial charge in [0.2, 0.25) is 5.95 Å². The van der Waals surface area contributed by atoms with Crippen molar-refractivity contribution in [2.45, 2.75) is 0 Å². The lowest BCUT2D eigenvalue weighted by Crippen LogP contribution is -2.13. The van der Waals surface area contributed by atoms with Gasteiger partial charge in [0, 0.05) is 28.2 Å². The molecule has 3 aromatic rings. The topological polar surface area (TPSA) is 90.7 Å². The third-order valence-electron chi connectivity index (χ3n) is 3.27. The molecule has 2 N–H and O–H groups in total. The Morgan fingerprint density at radius 2 is 1.76 bits per heavy atom. The molecule has 0 radical (unpaired) electrons. The molecule has 0 spiro atoms. The van der Waals surface area contributed by atoms with E-state index in [2.05, 4.69) is 36.5 Å². The summed E-state index contributed by atoms with van der Waals surface area (Å²) in [6.07, 6.45) is 2.90. The van der Waals surface area contributed by atoms with Crippen molar-refractivity contribution in [2.24, 2.45) is 0 Å². The summed E-state index contributed by atoms with van der Waals surface area (Å²) in [7, 11) is 0. The van der Waals surface area contributed by atoms with Crippen LogP contribution in [0.25, 0.3) is 0 Å². The normalized spacial score (nSPS) is 9.92. The minimum Gasteiger partial charge on any atom is -0.324 e. The highest BCUT2D eigenvalue weighted by molar-refractivity contribution is 9.10. The van der Waals surface area contributed by atoms with Crippen LogP contribution in [0.4, 0.5) is 17.3 Å². The molecule has 0 aliphatic heterocycles. The van der Waals surface area contributed by atoms with Gasteiger partial charge in [0.15, 0.2) is 0 Å². The number of nitriles is 1. The molecule has 0 fully saturated rings. The van der Waals surface area contributed by atoms with Gasteiger partial charge >= 0.3 is 0 Å². The second-order valence-corrected chi connectivity index (χ2v) is 5.99. The minimum atomic E-state index is -0.321. The zero-order valence-electron chi connectivity index (χ0n) is 12.9. The van der Waals surface area contributed by atoms with Crippen LogP contribution in [0.1, 0.15) is 15.9 Å². The van der Waals surface area contributed by atoms with Gasteiger partial charge < -0.3 is 10.6 Å². The maximum atomic E-state index is 12.2. The molecule has 1 heterocycles. The van der Waals surface area contributed by atoms with Gasteiger partial charge in [-0.3, -0.25) is 4.79 Å². The minimum absolute atomic E-state index is 0.321. The highest BCUT2D eigenvalue weighted by atomic mass is 79.9. The van der Waals surface area contributed by atoms with Gasteiger partial charge in [-0.15, -0.1) is 0 Å². The van der Waals surface area contributed by atoms with E-state index in [1.165, 1.54) is 12.4 Å². The summed E-state index contributed by atoms with van der Waals surface area (Å²) in [5.74, 6) is 0.0757. The Balaban J connectivity index is 1.66. The first-order valence-electron chi connectivity index (χ1n) is 7.30. The van der Waals surface area contributed by atoms with Crippen LogP contribution in [0, 0.1) is 11.3 Å². The molecule has 0 saturated heterocycles. The van der Waals surface area contributed by atoms with Gasteiger partial charge in [-0.05, 0) is 42.5 Å². The molecule has 1 aromatic heterocycles. The maximum Gasteiger partial charge on any atom is 0.258 e. The summed E-state index contributed by atoms with van der Waals surface area (Å²) in [4.78, 5) is 20.5. The Morgan fingerprint density at radius 3 is 2.40 bits per heavy atom. The smallest absolute Gasteiger partial charge is 0.258 e. The van der Waals surface area contributed by atoms with Crippen molar-refractivity contribution in [3.05, 3.63) is 76.5 Å². The van der Waals surface area contributed by atoms with Crippen molar-refractivity contribution >= 4 is 39.2 Å². The molecule has 0 aliphatic rings. The monoisotopic (exact) mass is 393 g/mol. The Bertz CT molecular complexity index is 933. The molecule has 0 saturated carbocycles. The van der Waals surface area contributed by atoms with E-state index in [0.29, 0.717) is 22.8 Å². The highest BCUT2D eigenvalue weighted by Crippen LogP contribution is 2.18. The number of rotatable bonds is 4. The molecule has 1 amide bonds. The van der Waals surface area contributed by atoms with Gasteiger partial charge in [-0.1, -0.05) is 22.0 Å². The zero-order chi connectivity index (χ0) is 17.6. The van der Waals surface area contributed by atoms with Gasteiger partial charge in [0.05, 0.1) is 17.2 Å². The number of hydrogen-bond acceptors (Lipinski definition) is 5. The Morgan fingerprint density at radius 1 is 1.04 bits per heavy atom. The van der Waals surface area contributed by atoms with Gasteiger partial charge in [-0.2, -0.15) is 5.26 Å². The first-order chi connectivity index (χ1) is 12.1. The van der Waals surface area contributed by atoms with Crippen molar-refractivity contribution in [1.82, 2.24) is 9.97 Å². The number of carbonyl (C=O) groups is 1. The number of benzene rings is 2. The van der Waals surface area contributed by atoms with E-state index in [0.717, 1.165) is 10.2 Å². The van der Waals surface area contributed by atoms with Crippen LogP contribution in [0.3, 0.4) is 0 Å². The van der Waals surface area contributed by atoms with E-state index in [1.807, 2.05) is 30.3 Å². The van der Waals surface area contributed by atoms with E-state index in [1.54, 1.807) is 24.3 Å². The van der Waals surface area contributed by atoms with E-state index in [4.69, 9.17) is 5.26 Å². The number of amides is 1. The maximum absolute atomic E-state index is 12.2. The molecular weight excluding hydrogens is 382 g/mol. The Kier molecular flexibility index (Phi) is 5.02. The molecule has 25 heavy (non-hydrogen) atoms. The largest absolute Gasteiger partial charge is 0.324 e. The van der Waals surface area contributed by atoms with Gasteiger partial charge in [0.25, 0.3) is 5.91 Å². The summed E-state index contributed by atoms with van der Waals surface area (Å²) in [5.41, 5.74) is 2.30. The molecule has 0 aliphatic carbocycles. The van der Waals surface area contributed by atoms with Crippen molar-refractivity contribution < 1.29 is 4.79 Å². The molecule has 0 unspecified atom stereocenters. The summed E-state index contributed by atoms with van der Waals surface area (Å²) < 4.78 is 0.941. The number of halogens is 1. The second kappa shape index (κ2) is 7.55. The van der Waals surface area contributed by atoms with Gasteiger partial charge in [-0.25, -0.2) is 9.97 Å². The lowest BCUT2D eigenvalue weighted by atomic mass is 10.2. The first kappa shape index (κ1) is 16.6. The summed E-state index contributed by atoms with van der Waals surface area (Å²) in [6.45, 7) is 0. The molecular formula is C18H12BrN5O. The summed E-state index contributed by atoms with van der Waals surface area (Å²) >= 11 is 3.40.